The van der Waals surface area contributed by atoms with E-state index in [1.165, 1.54) is 24.3 Å². The highest BCUT2D eigenvalue weighted by Gasteiger charge is 2.34. The summed E-state index contributed by atoms with van der Waals surface area (Å²) >= 11 is 0. The second-order valence-electron chi connectivity index (χ2n) is 6.31. The summed E-state index contributed by atoms with van der Waals surface area (Å²) in [7, 11) is -4.52. The topological polar surface area (TPSA) is 144 Å². The fourth-order valence-corrected chi connectivity index (χ4v) is 3.67. The highest BCUT2D eigenvalue weighted by atomic mass is 32.2. The lowest BCUT2D eigenvalue weighted by atomic mass is 9.83. The third-order valence-corrected chi connectivity index (χ3v) is 5.37. The lowest BCUT2D eigenvalue weighted by molar-refractivity contribution is 0.0977. The molecule has 9 heteroatoms. The monoisotopic (exact) mass is 411 g/mol. The molecule has 0 saturated heterocycles. The zero-order chi connectivity index (χ0) is 20.9. The van der Waals surface area contributed by atoms with E-state index in [4.69, 9.17) is 15.0 Å². The smallest absolute Gasteiger partial charge is 0.294 e. The van der Waals surface area contributed by atoms with E-state index in [1.807, 2.05) is 0 Å². The minimum absolute atomic E-state index is 0.000228. The molecule has 3 aromatic carbocycles. The van der Waals surface area contributed by atoms with Gasteiger partial charge in [0.25, 0.3) is 10.1 Å². The van der Waals surface area contributed by atoms with Crippen molar-refractivity contribution in [2.45, 2.75) is 4.90 Å². The van der Waals surface area contributed by atoms with Crippen molar-refractivity contribution in [3.05, 3.63) is 76.9 Å². The van der Waals surface area contributed by atoms with Crippen LogP contribution in [0.25, 0.3) is 0 Å². The van der Waals surface area contributed by atoms with Gasteiger partial charge in [-0.05, 0) is 24.3 Å². The zero-order valence-corrected chi connectivity index (χ0v) is 15.4. The van der Waals surface area contributed by atoms with Gasteiger partial charge in [-0.25, -0.2) is 0 Å². The fraction of sp³-hybridized carbons (Fsp3) is 0. The molecule has 1 aliphatic carbocycles. The Morgan fingerprint density at radius 1 is 0.828 bits per heavy atom. The van der Waals surface area contributed by atoms with E-state index in [9.17, 15) is 23.1 Å². The van der Waals surface area contributed by atoms with Gasteiger partial charge in [0.2, 0.25) is 0 Å². The molecule has 0 radical (unpaired) electrons. The Kier molecular flexibility index (Phi) is 4.14. The molecular weight excluding hydrogens is 398 g/mol. The Morgan fingerprint density at radius 3 is 2.00 bits per heavy atom. The van der Waals surface area contributed by atoms with Crippen molar-refractivity contribution in [2.24, 2.45) is 0 Å². The van der Waals surface area contributed by atoms with Crippen LogP contribution in [0.1, 0.15) is 31.8 Å². The van der Waals surface area contributed by atoms with E-state index in [1.54, 1.807) is 12.1 Å². The molecule has 29 heavy (non-hydrogen) atoms. The number of anilines is 1. The fourth-order valence-electron chi connectivity index (χ4n) is 3.17. The largest absolute Gasteiger partial charge is 0.504 e. The Morgan fingerprint density at radius 2 is 1.41 bits per heavy atom. The number of phenolic OH excluding ortho intramolecular Hbond substituents is 1. The Hall–Kier alpha value is -3.69. The molecule has 146 valence electrons. The first-order chi connectivity index (χ1) is 13.7. The van der Waals surface area contributed by atoms with Crippen LogP contribution in [0.15, 0.2) is 59.5 Å². The van der Waals surface area contributed by atoms with Crippen LogP contribution in [-0.2, 0) is 10.1 Å². The second kappa shape index (κ2) is 6.43. The molecule has 3 aromatic rings. The number of ketones is 2. The van der Waals surface area contributed by atoms with Gasteiger partial charge in [-0.3, -0.25) is 14.1 Å². The number of ether oxygens (including phenoxy) is 1. The maximum Gasteiger partial charge on any atom is 0.294 e. The summed E-state index contributed by atoms with van der Waals surface area (Å²) < 4.78 is 37.0. The van der Waals surface area contributed by atoms with Gasteiger partial charge in [0.15, 0.2) is 23.1 Å². The van der Waals surface area contributed by atoms with Gasteiger partial charge < -0.3 is 15.6 Å². The van der Waals surface area contributed by atoms with Crippen molar-refractivity contribution < 1.29 is 32.4 Å². The van der Waals surface area contributed by atoms with E-state index < -0.39 is 32.3 Å². The number of benzene rings is 3. The van der Waals surface area contributed by atoms with Gasteiger partial charge in [0.1, 0.15) is 5.75 Å². The summed E-state index contributed by atoms with van der Waals surface area (Å²) in [5, 5.41) is 10.1. The predicted molar refractivity (Wildman–Crippen MR) is 102 cm³/mol. The molecule has 0 aromatic heterocycles. The first-order valence-electron chi connectivity index (χ1n) is 8.27. The standard InChI is InChI=1S/C20H13NO7S/c21-13-6-8-16(28-15-7-5-10(9-14(15)22)29(25,26)27)18-17(13)19(23)11-3-1-2-4-12(11)20(18)24/h1-9,22H,21H2,(H,25,26,27). The first-order valence-corrected chi connectivity index (χ1v) is 9.71. The highest BCUT2D eigenvalue weighted by Crippen LogP contribution is 2.40. The molecule has 0 spiro atoms. The molecule has 0 saturated carbocycles. The lowest BCUT2D eigenvalue weighted by Crippen LogP contribution is -2.23. The van der Waals surface area contributed by atoms with Crippen molar-refractivity contribution in [3.8, 4) is 17.2 Å². The van der Waals surface area contributed by atoms with Crippen LogP contribution < -0.4 is 10.5 Å². The lowest BCUT2D eigenvalue weighted by Gasteiger charge is -2.21. The number of hydrogen-bond acceptors (Lipinski definition) is 7. The molecule has 4 N–H and O–H groups in total. The van der Waals surface area contributed by atoms with Crippen LogP contribution in [0.4, 0.5) is 5.69 Å². The summed E-state index contributed by atoms with van der Waals surface area (Å²) in [6.45, 7) is 0. The quantitative estimate of drug-likeness (QED) is 0.345. The van der Waals surface area contributed by atoms with Crippen molar-refractivity contribution in [2.75, 3.05) is 5.73 Å². The molecule has 0 fully saturated rings. The van der Waals surface area contributed by atoms with Gasteiger partial charge in [0.05, 0.1) is 16.0 Å². The van der Waals surface area contributed by atoms with Gasteiger partial charge in [-0.2, -0.15) is 8.42 Å². The SMILES string of the molecule is Nc1ccc(Oc2ccc(S(=O)(=O)O)cc2O)c2c1C(=O)c1ccccc1C2=O. The maximum absolute atomic E-state index is 13.0. The number of carbonyl (C=O) groups excluding carboxylic acids is 2. The van der Waals surface area contributed by atoms with Crippen molar-refractivity contribution >= 4 is 27.4 Å². The molecule has 0 unspecified atom stereocenters. The highest BCUT2D eigenvalue weighted by molar-refractivity contribution is 7.85. The minimum Gasteiger partial charge on any atom is -0.504 e. The van der Waals surface area contributed by atoms with Crippen LogP contribution in [0, 0.1) is 0 Å². The number of aromatic hydroxyl groups is 1. The maximum atomic E-state index is 13.0. The first kappa shape index (κ1) is 18.7. The summed E-state index contributed by atoms with van der Waals surface area (Å²) in [4.78, 5) is 25.4. The average molecular weight is 411 g/mol. The van der Waals surface area contributed by atoms with Crippen molar-refractivity contribution in [3.63, 3.8) is 0 Å². The van der Waals surface area contributed by atoms with E-state index >= 15 is 0 Å². The number of nitrogen functional groups attached to an aromatic ring is 1. The molecule has 0 atom stereocenters. The Bertz CT molecular complexity index is 1310. The van der Waals surface area contributed by atoms with Crippen molar-refractivity contribution in [1.29, 1.82) is 0 Å². The van der Waals surface area contributed by atoms with E-state index in [0.717, 1.165) is 18.2 Å². The normalized spacial score (nSPS) is 13.0. The van der Waals surface area contributed by atoms with Gasteiger partial charge in [-0.1, -0.05) is 24.3 Å². The number of phenols is 1. The summed E-state index contributed by atoms with van der Waals surface area (Å²) in [5.74, 6) is -1.68. The second-order valence-corrected chi connectivity index (χ2v) is 7.73. The van der Waals surface area contributed by atoms with Crippen LogP contribution in [0.5, 0.6) is 17.2 Å². The molecule has 0 bridgehead atoms. The van der Waals surface area contributed by atoms with Crippen LogP contribution in [0.2, 0.25) is 0 Å². The van der Waals surface area contributed by atoms with Gasteiger partial charge in [0, 0.05) is 22.9 Å². The van der Waals surface area contributed by atoms with Crippen LogP contribution in [-0.4, -0.2) is 29.6 Å². The molecule has 0 aliphatic heterocycles. The average Bonchev–Trinajstić information content (AvgIpc) is 2.68. The number of fused-ring (bicyclic) bond motifs is 2. The zero-order valence-electron chi connectivity index (χ0n) is 14.6. The Balaban J connectivity index is 1.84. The number of carbonyl (C=O) groups is 2. The van der Waals surface area contributed by atoms with E-state index in [2.05, 4.69) is 0 Å². The summed E-state index contributed by atoms with van der Waals surface area (Å²) in [5.41, 5.74) is 6.42. The molecular formula is C20H13NO7S. The third kappa shape index (κ3) is 3.02. The molecule has 0 heterocycles. The van der Waals surface area contributed by atoms with Crippen molar-refractivity contribution in [1.82, 2.24) is 0 Å². The van der Waals surface area contributed by atoms with Crippen LogP contribution >= 0.6 is 0 Å². The molecule has 8 nitrogen and oxygen atoms in total. The minimum atomic E-state index is -4.52. The molecule has 1 aliphatic rings. The molecule has 0 amide bonds. The van der Waals surface area contributed by atoms with E-state index in [0.29, 0.717) is 0 Å². The molecule has 4 rings (SSSR count). The number of rotatable bonds is 3. The van der Waals surface area contributed by atoms with Crippen LogP contribution in [0.3, 0.4) is 0 Å². The summed E-state index contributed by atoms with van der Waals surface area (Å²) in [6.07, 6.45) is 0. The van der Waals surface area contributed by atoms with Gasteiger partial charge in [-0.15, -0.1) is 0 Å². The van der Waals surface area contributed by atoms with Gasteiger partial charge >= 0.3 is 0 Å². The number of nitrogens with two attached hydrogens (primary N) is 1. The third-order valence-electron chi connectivity index (χ3n) is 4.52. The Labute approximate surface area is 164 Å². The predicted octanol–water partition coefficient (Wildman–Crippen LogP) is 2.79. The van der Waals surface area contributed by atoms with E-state index in [-0.39, 0.29) is 39.4 Å². The summed E-state index contributed by atoms with van der Waals surface area (Å²) in [6, 6.07) is 12.0. The number of hydrogen-bond donors (Lipinski definition) is 3.